The van der Waals surface area contributed by atoms with E-state index in [9.17, 15) is 20.0 Å². The highest BCUT2D eigenvalue weighted by atomic mass is 16.6. The largest absolute Gasteiger partial charge is 0.505 e. The number of anilines is 1. The number of benzene rings is 1. The monoisotopic (exact) mass is 279 g/mol. The molecule has 1 saturated carbocycles. The second-order valence-corrected chi connectivity index (χ2v) is 4.97. The molecule has 20 heavy (non-hydrogen) atoms. The molecule has 0 spiro atoms. The summed E-state index contributed by atoms with van der Waals surface area (Å²) in [5.74, 6) is -1.07. The predicted molar refractivity (Wildman–Crippen MR) is 73.3 cm³/mol. The number of hydrogen-bond donors (Lipinski definition) is 3. The number of nitro benzene ring substituents is 1. The lowest BCUT2D eigenvalue weighted by Crippen LogP contribution is -2.40. The highest BCUT2D eigenvalue weighted by Crippen LogP contribution is 2.34. The fraction of sp³-hybridized carbons (Fsp3) is 0.462. The van der Waals surface area contributed by atoms with E-state index in [-0.39, 0.29) is 35.0 Å². The second kappa shape index (κ2) is 5.87. The Hall–Kier alpha value is -2.15. The van der Waals surface area contributed by atoms with E-state index in [1.54, 1.807) is 0 Å². The Labute approximate surface area is 115 Å². The van der Waals surface area contributed by atoms with E-state index >= 15 is 0 Å². The molecule has 2 rings (SSSR count). The molecule has 0 aromatic heterocycles. The summed E-state index contributed by atoms with van der Waals surface area (Å²) < 4.78 is 0. The lowest BCUT2D eigenvalue weighted by molar-refractivity contribution is -0.384. The van der Waals surface area contributed by atoms with E-state index in [4.69, 9.17) is 5.73 Å². The van der Waals surface area contributed by atoms with Crippen LogP contribution in [0.5, 0.6) is 5.75 Å². The molecule has 0 radical (unpaired) electrons. The van der Waals surface area contributed by atoms with Crippen molar-refractivity contribution >= 4 is 17.3 Å². The Bertz CT molecular complexity index is 532. The third-order valence-corrected chi connectivity index (χ3v) is 3.62. The topological polar surface area (TPSA) is 118 Å². The van der Waals surface area contributed by atoms with Crippen LogP contribution < -0.4 is 11.1 Å². The number of aromatic hydroxyl groups is 1. The first-order chi connectivity index (χ1) is 9.50. The van der Waals surface area contributed by atoms with E-state index in [1.807, 2.05) is 0 Å². The molecule has 1 aliphatic rings. The maximum atomic E-state index is 12.2. The molecule has 2 atom stereocenters. The molecule has 2 unspecified atom stereocenters. The van der Waals surface area contributed by atoms with E-state index in [1.165, 1.54) is 18.2 Å². The molecule has 1 aromatic carbocycles. The standard InChI is InChI=1S/C13H17N3O4/c14-9-5-2-1-4-8(9)13(18)15-12-10(16(19)20)6-3-7-11(12)17/h3,6-9,17H,1-2,4-5,14H2,(H,15,18). The molecular weight excluding hydrogens is 262 g/mol. The van der Waals surface area contributed by atoms with Crippen molar-refractivity contribution < 1.29 is 14.8 Å². The van der Waals surface area contributed by atoms with Gasteiger partial charge >= 0.3 is 0 Å². The summed E-state index contributed by atoms with van der Waals surface area (Å²) in [6, 6.07) is 3.64. The summed E-state index contributed by atoms with van der Waals surface area (Å²) in [6.45, 7) is 0. The molecule has 108 valence electrons. The highest BCUT2D eigenvalue weighted by molar-refractivity contribution is 5.96. The SMILES string of the molecule is NC1CCCCC1C(=O)Nc1c(O)cccc1[N+](=O)[O-]. The van der Waals surface area contributed by atoms with Crippen LogP contribution in [0, 0.1) is 16.0 Å². The van der Waals surface area contributed by atoms with Crippen molar-refractivity contribution in [1.29, 1.82) is 0 Å². The summed E-state index contributed by atoms with van der Waals surface area (Å²) in [6.07, 6.45) is 3.33. The molecule has 1 amide bonds. The number of nitro groups is 1. The van der Waals surface area contributed by atoms with Crippen molar-refractivity contribution in [3.63, 3.8) is 0 Å². The van der Waals surface area contributed by atoms with Gasteiger partial charge in [0.1, 0.15) is 5.75 Å². The number of hydrogen-bond acceptors (Lipinski definition) is 5. The Balaban J connectivity index is 2.21. The van der Waals surface area contributed by atoms with Gasteiger partial charge in [0.05, 0.1) is 10.8 Å². The molecule has 7 nitrogen and oxygen atoms in total. The summed E-state index contributed by atoms with van der Waals surface area (Å²) in [4.78, 5) is 22.5. The van der Waals surface area contributed by atoms with Gasteiger partial charge < -0.3 is 16.2 Å². The lowest BCUT2D eigenvalue weighted by atomic mass is 9.84. The number of nitrogens with two attached hydrogens (primary N) is 1. The van der Waals surface area contributed by atoms with Gasteiger partial charge in [0.2, 0.25) is 5.91 Å². The molecule has 0 bridgehead atoms. The summed E-state index contributed by atoms with van der Waals surface area (Å²) in [5, 5.41) is 23.1. The van der Waals surface area contributed by atoms with Crippen molar-refractivity contribution in [1.82, 2.24) is 0 Å². The van der Waals surface area contributed by atoms with Gasteiger partial charge in [-0.15, -0.1) is 0 Å². The van der Waals surface area contributed by atoms with Crippen LogP contribution in [0.15, 0.2) is 18.2 Å². The summed E-state index contributed by atoms with van der Waals surface area (Å²) in [7, 11) is 0. The Morgan fingerprint density at radius 2 is 2.10 bits per heavy atom. The maximum absolute atomic E-state index is 12.2. The number of amides is 1. The summed E-state index contributed by atoms with van der Waals surface area (Å²) >= 11 is 0. The van der Waals surface area contributed by atoms with Gasteiger partial charge in [-0.2, -0.15) is 0 Å². The van der Waals surface area contributed by atoms with E-state index < -0.39 is 4.92 Å². The zero-order valence-electron chi connectivity index (χ0n) is 10.9. The van der Waals surface area contributed by atoms with E-state index in [2.05, 4.69) is 5.32 Å². The number of nitrogens with zero attached hydrogens (tertiary/aromatic N) is 1. The normalized spacial score (nSPS) is 22.2. The molecule has 4 N–H and O–H groups in total. The van der Waals surface area contributed by atoms with Crippen LogP contribution in [0.4, 0.5) is 11.4 Å². The molecule has 0 aliphatic heterocycles. The number of carbonyl (C=O) groups is 1. The third-order valence-electron chi connectivity index (χ3n) is 3.62. The van der Waals surface area contributed by atoms with Gasteiger partial charge in [0.25, 0.3) is 5.69 Å². The zero-order chi connectivity index (χ0) is 14.7. The quantitative estimate of drug-likeness (QED) is 0.442. The Morgan fingerprint density at radius 3 is 2.75 bits per heavy atom. The third kappa shape index (κ3) is 2.88. The lowest BCUT2D eigenvalue weighted by Gasteiger charge is -2.27. The van der Waals surface area contributed by atoms with E-state index in [0.717, 1.165) is 19.3 Å². The fourth-order valence-electron chi connectivity index (χ4n) is 2.51. The molecule has 7 heteroatoms. The number of para-hydroxylation sites is 1. The van der Waals surface area contributed by atoms with Gasteiger partial charge in [-0.05, 0) is 18.9 Å². The zero-order valence-corrected chi connectivity index (χ0v) is 10.9. The van der Waals surface area contributed by atoms with Gasteiger partial charge in [0.15, 0.2) is 5.69 Å². The van der Waals surface area contributed by atoms with Crippen molar-refractivity contribution in [2.24, 2.45) is 11.7 Å². The van der Waals surface area contributed by atoms with Crippen LogP contribution in [0.2, 0.25) is 0 Å². The minimum atomic E-state index is -0.643. The van der Waals surface area contributed by atoms with Gasteiger partial charge in [-0.25, -0.2) is 0 Å². The van der Waals surface area contributed by atoms with Crippen molar-refractivity contribution in [2.45, 2.75) is 31.7 Å². The first kappa shape index (κ1) is 14.3. The smallest absolute Gasteiger partial charge is 0.296 e. The molecule has 0 saturated heterocycles. The first-order valence-corrected chi connectivity index (χ1v) is 6.53. The number of phenols is 1. The van der Waals surface area contributed by atoms with Crippen molar-refractivity contribution in [3.8, 4) is 5.75 Å². The predicted octanol–water partition coefficient (Wildman–Crippen LogP) is 1.76. The average Bonchev–Trinajstić information content (AvgIpc) is 2.41. The van der Waals surface area contributed by atoms with Crippen LogP contribution in [0.1, 0.15) is 25.7 Å². The minimum absolute atomic E-state index is 0.166. The number of carbonyl (C=O) groups excluding carboxylic acids is 1. The molecule has 0 heterocycles. The second-order valence-electron chi connectivity index (χ2n) is 4.97. The molecular formula is C13H17N3O4. The minimum Gasteiger partial charge on any atom is -0.505 e. The van der Waals surface area contributed by atoms with Crippen molar-refractivity contribution in [2.75, 3.05) is 5.32 Å². The number of phenolic OH excluding ortho intramolecular Hbond substituents is 1. The Kier molecular flexibility index (Phi) is 4.19. The molecule has 1 aromatic rings. The Morgan fingerprint density at radius 1 is 1.40 bits per heavy atom. The number of rotatable bonds is 3. The highest BCUT2D eigenvalue weighted by Gasteiger charge is 2.30. The van der Waals surface area contributed by atoms with E-state index in [0.29, 0.717) is 6.42 Å². The maximum Gasteiger partial charge on any atom is 0.296 e. The van der Waals surface area contributed by atoms with Crippen LogP contribution in [-0.4, -0.2) is 22.0 Å². The summed E-state index contributed by atoms with van der Waals surface area (Å²) in [5.41, 5.74) is 5.42. The van der Waals surface area contributed by atoms with Crippen LogP contribution in [0.3, 0.4) is 0 Å². The average molecular weight is 279 g/mol. The van der Waals surface area contributed by atoms with Crippen molar-refractivity contribution in [3.05, 3.63) is 28.3 Å². The molecule has 1 aliphatic carbocycles. The van der Waals surface area contributed by atoms with Crippen LogP contribution in [-0.2, 0) is 4.79 Å². The number of nitrogens with one attached hydrogen (secondary N) is 1. The van der Waals surface area contributed by atoms with Crippen LogP contribution in [0.25, 0.3) is 0 Å². The van der Waals surface area contributed by atoms with Gasteiger partial charge in [0, 0.05) is 12.1 Å². The molecule has 1 fully saturated rings. The fourth-order valence-corrected chi connectivity index (χ4v) is 2.51. The van der Waals surface area contributed by atoms with Crippen LogP contribution >= 0.6 is 0 Å². The first-order valence-electron chi connectivity index (χ1n) is 6.53. The van der Waals surface area contributed by atoms with Gasteiger partial charge in [-0.3, -0.25) is 14.9 Å². The van der Waals surface area contributed by atoms with Gasteiger partial charge in [-0.1, -0.05) is 18.9 Å².